The number of phenolic OH excluding ortho intramolecular Hbond substituents is 1. The van der Waals surface area contributed by atoms with Crippen molar-refractivity contribution in [1.29, 1.82) is 0 Å². The number of nitrogens with two attached hydrogens (primary N) is 1. The van der Waals surface area contributed by atoms with Crippen molar-refractivity contribution in [3.63, 3.8) is 0 Å². The molecule has 4 rings (SSSR count). The molecular formula is C22H22N2O8. The van der Waals surface area contributed by atoms with Crippen LogP contribution in [0.15, 0.2) is 41.7 Å². The molecule has 32 heavy (non-hydrogen) atoms. The highest BCUT2D eigenvalue weighted by Crippen LogP contribution is 2.55. The van der Waals surface area contributed by atoms with Crippen molar-refractivity contribution < 1.29 is 39.9 Å². The van der Waals surface area contributed by atoms with Crippen LogP contribution in [0.4, 0.5) is 0 Å². The number of hydrogen-bond acceptors (Lipinski definition) is 9. The molecule has 1 aromatic rings. The highest BCUT2D eigenvalue weighted by molar-refractivity contribution is 6.25. The van der Waals surface area contributed by atoms with Gasteiger partial charge in [-0.2, -0.15) is 0 Å². The molecule has 1 aromatic carbocycles. The van der Waals surface area contributed by atoms with Crippen LogP contribution in [0.2, 0.25) is 0 Å². The van der Waals surface area contributed by atoms with E-state index in [-0.39, 0.29) is 22.4 Å². The fourth-order valence-corrected chi connectivity index (χ4v) is 5.21. The lowest BCUT2D eigenvalue weighted by Gasteiger charge is -2.52. The minimum Gasteiger partial charge on any atom is -0.508 e. The van der Waals surface area contributed by atoms with Gasteiger partial charge in [0.25, 0.3) is 5.91 Å². The van der Waals surface area contributed by atoms with Gasteiger partial charge in [0.2, 0.25) is 5.78 Å². The molecule has 5 atom stereocenters. The normalized spacial score (nSPS) is 32.1. The Morgan fingerprint density at radius 1 is 1.19 bits per heavy atom. The summed E-state index contributed by atoms with van der Waals surface area (Å²) in [6.45, 7) is 3.91. The van der Waals surface area contributed by atoms with Gasteiger partial charge in [-0.1, -0.05) is 18.7 Å². The summed E-state index contributed by atoms with van der Waals surface area (Å²) in [6, 6.07) is 2.89. The molecule has 0 saturated heterocycles. The summed E-state index contributed by atoms with van der Waals surface area (Å²) < 4.78 is 0. The van der Waals surface area contributed by atoms with Crippen LogP contribution in [0.3, 0.4) is 0 Å². The molecule has 0 unspecified atom stereocenters. The maximum absolute atomic E-state index is 13.6. The smallest absolute Gasteiger partial charge is 0.255 e. The number of nitrogens with zero attached hydrogens (tertiary/aromatic N) is 1. The average Bonchev–Trinajstić information content (AvgIpc) is 2.70. The Hall–Kier alpha value is -3.47. The maximum atomic E-state index is 13.6. The predicted octanol–water partition coefficient (Wildman–Crippen LogP) is -0.594. The number of hydrogen-bond donors (Lipinski definition) is 6. The summed E-state index contributed by atoms with van der Waals surface area (Å²) in [7, 11) is 2.88. The molecule has 1 amide bonds. The lowest BCUT2D eigenvalue weighted by molar-refractivity contribution is -0.166. The summed E-state index contributed by atoms with van der Waals surface area (Å²) in [6.07, 6.45) is -1.69. The second-order valence-electron chi connectivity index (χ2n) is 8.44. The Balaban J connectivity index is 2.08. The van der Waals surface area contributed by atoms with Gasteiger partial charge in [-0.15, -0.1) is 0 Å². The summed E-state index contributed by atoms with van der Waals surface area (Å²) >= 11 is 0. The molecule has 10 nitrogen and oxygen atoms in total. The summed E-state index contributed by atoms with van der Waals surface area (Å²) in [5.41, 5.74) is 1.16. The van der Waals surface area contributed by atoms with Crippen LogP contribution in [0.5, 0.6) is 5.75 Å². The van der Waals surface area contributed by atoms with E-state index < -0.39 is 69.7 Å². The minimum absolute atomic E-state index is 0.124. The predicted molar refractivity (Wildman–Crippen MR) is 111 cm³/mol. The van der Waals surface area contributed by atoms with Crippen LogP contribution in [0.1, 0.15) is 11.1 Å². The van der Waals surface area contributed by atoms with E-state index in [1.54, 1.807) is 0 Å². The maximum Gasteiger partial charge on any atom is 0.255 e. The molecule has 7 N–H and O–H groups in total. The zero-order chi connectivity index (χ0) is 23.9. The average molecular weight is 442 g/mol. The van der Waals surface area contributed by atoms with E-state index in [1.807, 2.05) is 0 Å². The molecule has 1 saturated carbocycles. The van der Waals surface area contributed by atoms with E-state index in [0.717, 1.165) is 0 Å². The van der Waals surface area contributed by atoms with Gasteiger partial charge in [0.05, 0.1) is 29.2 Å². The number of fused-ring (bicyclic) bond motifs is 3. The van der Waals surface area contributed by atoms with Crippen LogP contribution in [-0.4, -0.2) is 79.7 Å². The Kier molecular flexibility index (Phi) is 4.60. The van der Waals surface area contributed by atoms with Gasteiger partial charge >= 0.3 is 0 Å². The van der Waals surface area contributed by atoms with Crippen molar-refractivity contribution in [1.82, 2.24) is 4.90 Å². The molecular weight excluding hydrogens is 420 g/mol. The van der Waals surface area contributed by atoms with Crippen LogP contribution in [0, 0.1) is 11.8 Å². The fraction of sp³-hybridized carbons (Fsp3) is 0.318. The Labute approximate surface area is 182 Å². The van der Waals surface area contributed by atoms with Crippen molar-refractivity contribution in [3.8, 4) is 5.75 Å². The van der Waals surface area contributed by atoms with Gasteiger partial charge in [-0.05, 0) is 31.3 Å². The molecule has 0 radical (unpaired) electrons. The third-order valence-corrected chi connectivity index (χ3v) is 6.61. The van der Waals surface area contributed by atoms with E-state index in [4.69, 9.17) is 5.73 Å². The van der Waals surface area contributed by atoms with Crippen molar-refractivity contribution >= 4 is 28.8 Å². The van der Waals surface area contributed by atoms with Crippen LogP contribution in [-0.2, 0) is 14.4 Å². The number of amides is 1. The number of ketones is 2. The minimum atomic E-state index is -2.94. The summed E-state index contributed by atoms with van der Waals surface area (Å²) in [5.74, 6) is -8.78. The van der Waals surface area contributed by atoms with Crippen molar-refractivity contribution in [2.45, 2.75) is 17.7 Å². The number of phenols is 1. The van der Waals surface area contributed by atoms with E-state index >= 15 is 0 Å². The summed E-state index contributed by atoms with van der Waals surface area (Å²) in [4.78, 5) is 39.8. The molecule has 3 aliphatic rings. The quantitative estimate of drug-likeness (QED) is 0.326. The van der Waals surface area contributed by atoms with E-state index in [0.29, 0.717) is 0 Å². The highest BCUT2D eigenvalue weighted by Gasteiger charge is 2.68. The Morgan fingerprint density at radius 3 is 2.38 bits per heavy atom. The first-order valence-corrected chi connectivity index (χ1v) is 9.71. The third kappa shape index (κ3) is 2.42. The molecule has 0 spiro atoms. The molecule has 0 aliphatic heterocycles. The number of likely N-dealkylation sites (N-methyl/N-ethyl adjacent to an activating group) is 1. The molecule has 168 valence electrons. The first-order chi connectivity index (χ1) is 14.9. The van der Waals surface area contributed by atoms with Crippen LogP contribution < -0.4 is 5.73 Å². The number of aliphatic hydroxyl groups is 4. The lowest BCUT2D eigenvalue weighted by Crippen LogP contribution is -2.70. The number of primary amides is 1. The zero-order valence-corrected chi connectivity index (χ0v) is 17.2. The monoisotopic (exact) mass is 442 g/mol. The number of rotatable bonds is 2. The Morgan fingerprint density at radius 2 is 1.81 bits per heavy atom. The molecule has 1 fully saturated rings. The fourth-order valence-electron chi connectivity index (χ4n) is 5.21. The van der Waals surface area contributed by atoms with Crippen LogP contribution in [0.25, 0.3) is 11.3 Å². The molecule has 10 heteroatoms. The number of Topliss-reactive ketones (excluding diaryl/α,β-unsaturated/α-hetero) is 2. The second kappa shape index (κ2) is 6.76. The van der Waals surface area contributed by atoms with E-state index in [2.05, 4.69) is 6.58 Å². The van der Waals surface area contributed by atoms with E-state index in [9.17, 15) is 39.9 Å². The Bertz CT molecular complexity index is 1180. The largest absolute Gasteiger partial charge is 0.508 e. The zero-order valence-electron chi connectivity index (χ0n) is 17.2. The highest BCUT2D eigenvalue weighted by atomic mass is 16.4. The van der Waals surface area contributed by atoms with Gasteiger partial charge in [0.15, 0.2) is 11.4 Å². The van der Waals surface area contributed by atoms with Gasteiger partial charge in [0, 0.05) is 5.92 Å². The van der Waals surface area contributed by atoms with Gasteiger partial charge in [0.1, 0.15) is 22.8 Å². The SMILES string of the molecule is C=C1c2cccc(O)c2C(O)=C2C(=O)[C@@]3(O)C(O)=C(C(N)=O)C(=O)[C@H](N(C)C)[C@H]3[C@H](O)[C@H]12. The van der Waals surface area contributed by atoms with Gasteiger partial charge in [-0.25, -0.2) is 0 Å². The van der Waals surface area contributed by atoms with Gasteiger partial charge in [-0.3, -0.25) is 19.3 Å². The standard InChI is InChI=1S/C22H22N2O8/c1-7-8-5-4-6-9(25)11(8)16(26)12-10(7)17(27)14-15(24(2)3)18(28)13(21(23)31)20(30)22(14,32)19(12)29/h4-6,10,14-15,17,25-27,30,32H,1H2,2-3H3,(H2,23,31)/t10-,14+,15-,17-,22-/m1/s1. The molecule has 3 aliphatic carbocycles. The number of aliphatic hydroxyl groups excluding tert-OH is 3. The first-order valence-electron chi connectivity index (χ1n) is 9.71. The van der Waals surface area contributed by atoms with Crippen molar-refractivity contribution in [3.05, 3.63) is 52.8 Å². The first kappa shape index (κ1) is 21.8. The molecule has 0 bridgehead atoms. The number of carbonyl (C=O) groups is 3. The summed E-state index contributed by atoms with van der Waals surface area (Å²) in [5, 5.41) is 54.7. The van der Waals surface area contributed by atoms with Crippen molar-refractivity contribution in [2.24, 2.45) is 17.6 Å². The van der Waals surface area contributed by atoms with Crippen LogP contribution >= 0.6 is 0 Å². The topological polar surface area (TPSA) is 182 Å². The number of carbonyl (C=O) groups excluding carboxylic acids is 3. The second-order valence-corrected chi connectivity index (χ2v) is 8.44. The number of aromatic hydroxyl groups is 1. The molecule has 0 heterocycles. The van der Waals surface area contributed by atoms with E-state index in [1.165, 1.54) is 37.2 Å². The lowest BCUT2D eigenvalue weighted by atomic mass is 9.55. The number of benzene rings is 1. The molecule has 0 aromatic heterocycles. The van der Waals surface area contributed by atoms with Crippen molar-refractivity contribution in [2.75, 3.05) is 14.1 Å². The third-order valence-electron chi connectivity index (χ3n) is 6.61. The van der Waals surface area contributed by atoms with Gasteiger partial charge < -0.3 is 31.3 Å².